The molecule has 0 saturated heterocycles. The van der Waals surface area contributed by atoms with Crippen LogP contribution in [0.5, 0.6) is 0 Å². The lowest BCUT2D eigenvalue weighted by atomic mass is 10.2. The van der Waals surface area contributed by atoms with Crippen LogP contribution in [0.3, 0.4) is 0 Å². The van der Waals surface area contributed by atoms with Crippen LogP contribution in [0.4, 0.5) is 11.4 Å². The molecule has 18 heavy (non-hydrogen) atoms. The Kier molecular flexibility index (Phi) is 5.79. The van der Waals surface area contributed by atoms with Crippen molar-refractivity contribution in [3.8, 4) is 0 Å². The Morgan fingerprint density at radius 3 is 2.67 bits per heavy atom. The number of hydrogen-bond acceptors (Lipinski definition) is 3. The Labute approximate surface area is 129 Å². The van der Waals surface area contributed by atoms with E-state index in [2.05, 4.69) is 26.2 Å². The molecular weight excluding hydrogens is 360 g/mol. The summed E-state index contributed by atoms with van der Waals surface area (Å²) in [7, 11) is 1.81. The van der Waals surface area contributed by atoms with Gasteiger partial charge in [-0.3, -0.25) is 4.99 Å². The number of anilines is 1. The third-order valence-electron chi connectivity index (χ3n) is 2.02. The van der Waals surface area contributed by atoms with E-state index in [1.54, 1.807) is 0 Å². The molecule has 0 radical (unpaired) electrons. The van der Waals surface area contributed by atoms with E-state index in [4.69, 9.17) is 40.5 Å². The van der Waals surface area contributed by atoms with Gasteiger partial charge in [0.05, 0.1) is 17.1 Å². The topological polar surface area (TPSA) is 50.4 Å². The van der Waals surface area contributed by atoms with Gasteiger partial charge in [-0.15, -0.1) is 0 Å². The zero-order valence-electron chi connectivity index (χ0n) is 9.42. The van der Waals surface area contributed by atoms with Crippen molar-refractivity contribution in [3.63, 3.8) is 0 Å². The number of aliphatic imine (C=N–C) groups is 1. The van der Waals surface area contributed by atoms with Gasteiger partial charge in [-0.05, 0) is 24.3 Å². The lowest BCUT2D eigenvalue weighted by Crippen LogP contribution is -2.15. The van der Waals surface area contributed by atoms with E-state index >= 15 is 0 Å². The van der Waals surface area contributed by atoms with Crippen LogP contribution in [0.15, 0.2) is 39.4 Å². The summed E-state index contributed by atoms with van der Waals surface area (Å²) in [6.45, 7) is 0. The molecule has 0 unspecified atom stereocenters. The molecule has 0 fully saturated rings. The quantitative estimate of drug-likeness (QED) is 0.611. The molecule has 0 aromatic heterocycles. The number of nitrogens with two attached hydrogens (primary N) is 1. The molecule has 98 valence electrons. The predicted octanol–water partition coefficient (Wildman–Crippen LogP) is 4.41. The molecule has 0 atom stereocenters. The van der Waals surface area contributed by atoms with Gasteiger partial charge in [-0.1, -0.05) is 50.7 Å². The van der Waals surface area contributed by atoms with Crippen LogP contribution in [0.1, 0.15) is 0 Å². The summed E-state index contributed by atoms with van der Waals surface area (Å²) in [5.74, 6) is 0. The molecule has 1 rings (SSSR count). The lowest BCUT2D eigenvalue weighted by molar-refractivity contribution is 1.20. The zero-order chi connectivity index (χ0) is 13.8. The maximum Gasteiger partial charge on any atom is 0.229 e. The summed E-state index contributed by atoms with van der Waals surface area (Å²) in [5.41, 5.74) is 7.31. The third-order valence-corrected chi connectivity index (χ3v) is 3.17. The van der Waals surface area contributed by atoms with Gasteiger partial charge in [-0.2, -0.15) is 0 Å². The fraction of sp³-hybridized carbons (Fsp3) is 0.182. The first kappa shape index (κ1) is 15.6. The Bertz CT molecular complexity index is 481. The van der Waals surface area contributed by atoms with E-state index in [-0.39, 0.29) is 5.70 Å². The van der Waals surface area contributed by atoms with E-state index in [0.29, 0.717) is 0 Å². The SMILES string of the molecule is CNc1cc(Br)ccc1N=CC=C(N)C(Cl)(Cl)Cl. The molecule has 1 aromatic carbocycles. The highest BCUT2D eigenvalue weighted by Crippen LogP contribution is 2.31. The van der Waals surface area contributed by atoms with Gasteiger partial charge < -0.3 is 11.1 Å². The smallest absolute Gasteiger partial charge is 0.229 e. The van der Waals surface area contributed by atoms with Crippen molar-refractivity contribution < 1.29 is 0 Å². The standard InChI is InChI=1S/C11H11BrCl3N3/c1-17-9-6-7(12)2-3-8(9)18-5-4-10(16)11(13,14)15/h2-6,17H,16H2,1H3. The van der Waals surface area contributed by atoms with Crippen molar-refractivity contribution in [1.29, 1.82) is 0 Å². The molecule has 7 heteroatoms. The number of nitrogens with zero attached hydrogens (tertiary/aromatic N) is 1. The molecule has 0 bridgehead atoms. The second kappa shape index (κ2) is 6.66. The molecule has 0 aliphatic carbocycles. The fourth-order valence-electron chi connectivity index (χ4n) is 1.11. The number of nitrogens with one attached hydrogen (secondary N) is 1. The molecule has 1 aromatic rings. The van der Waals surface area contributed by atoms with Crippen LogP contribution in [0, 0.1) is 0 Å². The van der Waals surface area contributed by atoms with Gasteiger partial charge in [0.25, 0.3) is 0 Å². The molecule has 0 aliphatic heterocycles. The molecule has 0 amide bonds. The van der Waals surface area contributed by atoms with Gasteiger partial charge in [0.1, 0.15) is 0 Å². The van der Waals surface area contributed by atoms with Crippen LogP contribution in [0.2, 0.25) is 0 Å². The van der Waals surface area contributed by atoms with E-state index in [0.717, 1.165) is 15.8 Å². The van der Waals surface area contributed by atoms with Crippen molar-refractivity contribution in [2.75, 3.05) is 12.4 Å². The normalized spacial score (nSPS) is 13.1. The summed E-state index contributed by atoms with van der Waals surface area (Å²) in [6.07, 6.45) is 2.94. The largest absolute Gasteiger partial charge is 0.399 e. The van der Waals surface area contributed by atoms with Crippen LogP contribution in [-0.2, 0) is 0 Å². The van der Waals surface area contributed by atoms with E-state index < -0.39 is 3.79 Å². The summed E-state index contributed by atoms with van der Waals surface area (Å²) < 4.78 is -0.653. The summed E-state index contributed by atoms with van der Waals surface area (Å²) in [5, 5.41) is 3.03. The average molecular weight is 371 g/mol. The highest BCUT2D eigenvalue weighted by Gasteiger charge is 2.22. The van der Waals surface area contributed by atoms with Crippen LogP contribution < -0.4 is 11.1 Å². The second-order valence-electron chi connectivity index (χ2n) is 3.31. The van der Waals surface area contributed by atoms with E-state index in [1.807, 2.05) is 25.2 Å². The summed E-state index contributed by atoms with van der Waals surface area (Å²) in [4.78, 5) is 4.23. The number of halogens is 4. The van der Waals surface area contributed by atoms with Crippen molar-refractivity contribution in [2.24, 2.45) is 10.7 Å². The first-order valence-electron chi connectivity index (χ1n) is 4.89. The van der Waals surface area contributed by atoms with Gasteiger partial charge >= 0.3 is 0 Å². The predicted molar refractivity (Wildman–Crippen MR) is 84.4 cm³/mol. The van der Waals surface area contributed by atoms with Gasteiger partial charge in [0, 0.05) is 17.7 Å². The highest BCUT2D eigenvalue weighted by atomic mass is 79.9. The Morgan fingerprint density at radius 1 is 1.44 bits per heavy atom. The van der Waals surface area contributed by atoms with Gasteiger partial charge in [-0.25, -0.2) is 0 Å². The maximum atomic E-state index is 5.60. The molecule has 3 N–H and O–H groups in total. The lowest BCUT2D eigenvalue weighted by Gasteiger charge is -2.09. The minimum absolute atomic E-state index is 0.111. The third kappa shape index (κ3) is 4.69. The Hall–Kier alpha value is -0.420. The zero-order valence-corrected chi connectivity index (χ0v) is 13.3. The van der Waals surface area contributed by atoms with E-state index in [1.165, 1.54) is 12.3 Å². The number of hydrogen-bond donors (Lipinski definition) is 2. The van der Waals surface area contributed by atoms with Crippen molar-refractivity contribution in [3.05, 3.63) is 34.4 Å². The molecule has 0 aliphatic rings. The molecule has 3 nitrogen and oxygen atoms in total. The van der Waals surface area contributed by atoms with Gasteiger partial charge in [0.15, 0.2) is 0 Å². The fourth-order valence-corrected chi connectivity index (χ4v) is 1.66. The number of alkyl halides is 3. The number of benzene rings is 1. The second-order valence-corrected chi connectivity index (χ2v) is 6.51. The first-order chi connectivity index (χ1) is 8.34. The maximum absolute atomic E-state index is 5.60. The van der Waals surface area contributed by atoms with Crippen molar-refractivity contribution in [2.45, 2.75) is 3.79 Å². The number of rotatable bonds is 3. The monoisotopic (exact) mass is 369 g/mol. The Balaban J connectivity index is 2.92. The molecule has 0 heterocycles. The number of allylic oxidation sites excluding steroid dienone is 2. The highest BCUT2D eigenvalue weighted by molar-refractivity contribution is 9.10. The van der Waals surface area contributed by atoms with Crippen LogP contribution in [-0.4, -0.2) is 17.1 Å². The summed E-state index contributed by atoms with van der Waals surface area (Å²) >= 11 is 20.2. The average Bonchev–Trinajstić information content (AvgIpc) is 2.29. The minimum Gasteiger partial charge on any atom is -0.399 e. The minimum atomic E-state index is -1.61. The van der Waals surface area contributed by atoms with Crippen molar-refractivity contribution >= 4 is 68.3 Å². The Morgan fingerprint density at radius 2 is 2.11 bits per heavy atom. The first-order valence-corrected chi connectivity index (χ1v) is 6.81. The van der Waals surface area contributed by atoms with Gasteiger partial charge in [0.2, 0.25) is 3.79 Å². The molecule has 0 saturated carbocycles. The summed E-state index contributed by atoms with van der Waals surface area (Å²) in [6, 6.07) is 5.65. The van der Waals surface area contributed by atoms with Crippen molar-refractivity contribution in [1.82, 2.24) is 0 Å². The van der Waals surface area contributed by atoms with E-state index in [9.17, 15) is 0 Å². The molecule has 0 spiro atoms. The molecular formula is C11H11BrCl3N3. The van der Waals surface area contributed by atoms with Crippen LogP contribution >= 0.6 is 50.7 Å². The van der Waals surface area contributed by atoms with Crippen LogP contribution in [0.25, 0.3) is 0 Å².